The van der Waals surface area contributed by atoms with E-state index in [0.29, 0.717) is 0 Å². The molecule has 74 valence electrons. The Bertz CT molecular complexity index is 394. The average Bonchev–Trinajstić information content (AvgIpc) is 2.09. The summed E-state index contributed by atoms with van der Waals surface area (Å²) in [7, 11) is 0. The Morgan fingerprint density at radius 2 is 1.64 bits per heavy atom. The normalized spacial score (nSPS) is 10.6. The molecule has 0 fully saturated rings. The third kappa shape index (κ3) is 2.16. The van der Waals surface area contributed by atoms with Gasteiger partial charge in [-0.3, -0.25) is 0 Å². The first-order valence-corrected chi connectivity index (χ1v) is 3.66. The highest BCUT2D eigenvalue weighted by Gasteiger charge is 2.05. The molecule has 0 saturated carbocycles. The van der Waals surface area contributed by atoms with Crippen molar-refractivity contribution in [2.45, 2.75) is 0 Å². The predicted molar refractivity (Wildman–Crippen MR) is 48.1 cm³/mol. The lowest BCUT2D eigenvalue weighted by molar-refractivity contribution is -0.131. The molecule has 0 aliphatic heterocycles. The summed E-state index contributed by atoms with van der Waals surface area (Å²) in [5, 5.41) is 35.5. The van der Waals surface area contributed by atoms with E-state index in [4.69, 9.17) is 15.3 Å². The molecule has 0 aliphatic rings. The minimum absolute atomic E-state index is 0.114. The number of carbonyl (C=O) groups is 1. The van der Waals surface area contributed by atoms with E-state index in [1.54, 1.807) is 0 Å². The Hall–Kier alpha value is -2.17. The Morgan fingerprint density at radius 3 is 2.21 bits per heavy atom. The summed E-state index contributed by atoms with van der Waals surface area (Å²) in [5.74, 6) is -2.36. The molecule has 0 atom stereocenters. The first kappa shape index (κ1) is 9.91. The maximum Gasteiger partial charge on any atom is 0.328 e. The van der Waals surface area contributed by atoms with Crippen LogP contribution >= 0.6 is 0 Å². The molecule has 0 aromatic heterocycles. The van der Waals surface area contributed by atoms with E-state index in [1.807, 2.05) is 0 Å². The molecular formula is C9H8O5. The van der Waals surface area contributed by atoms with Crippen LogP contribution < -0.4 is 0 Å². The SMILES string of the molecule is O=C(O)/C=C/c1cc(O)c(O)cc1O. The number of carboxylic acids is 1. The van der Waals surface area contributed by atoms with Crippen LogP contribution in [0.1, 0.15) is 5.56 Å². The van der Waals surface area contributed by atoms with Gasteiger partial charge in [-0.05, 0) is 12.1 Å². The summed E-state index contributed by atoms with van der Waals surface area (Å²) in [4.78, 5) is 10.2. The largest absolute Gasteiger partial charge is 0.507 e. The van der Waals surface area contributed by atoms with Crippen molar-refractivity contribution < 1.29 is 25.2 Å². The van der Waals surface area contributed by atoms with E-state index >= 15 is 0 Å². The monoisotopic (exact) mass is 196 g/mol. The Kier molecular flexibility index (Phi) is 2.62. The highest BCUT2D eigenvalue weighted by Crippen LogP contribution is 2.32. The van der Waals surface area contributed by atoms with Gasteiger partial charge in [0, 0.05) is 17.7 Å². The summed E-state index contributed by atoms with van der Waals surface area (Å²) in [6, 6.07) is 1.99. The molecule has 0 aliphatic carbocycles. The van der Waals surface area contributed by atoms with Crippen molar-refractivity contribution in [3.8, 4) is 17.2 Å². The molecule has 14 heavy (non-hydrogen) atoms. The van der Waals surface area contributed by atoms with Gasteiger partial charge in [0.15, 0.2) is 11.5 Å². The van der Waals surface area contributed by atoms with Crippen molar-refractivity contribution in [3.63, 3.8) is 0 Å². The van der Waals surface area contributed by atoms with E-state index in [1.165, 1.54) is 0 Å². The molecule has 1 aromatic rings. The van der Waals surface area contributed by atoms with E-state index in [-0.39, 0.29) is 11.3 Å². The maximum atomic E-state index is 10.2. The topological polar surface area (TPSA) is 98.0 Å². The molecule has 0 amide bonds. The van der Waals surface area contributed by atoms with Gasteiger partial charge >= 0.3 is 5.97 Å². The van der Waals surface area contributed by atoms with Gasteiger partial charge in [-0.1, -0.05) is 0 Å². The van der Waals surface area contributed by atoms with Crippen molar-refractivity contribution >= 4 is 12.0 Å². The van der Waals surface area contributed by atoms with Crippen molar-refractivity contribution in [1.82, 2.24) is 0 Å². The molecule has 1 aromatic carbocycles. The summed E-state index contributed by atoms with van der Waals surface area (Å²) in [6.07, 6.45) is 1.92. The minimum atomic E-state index is -1.17. The molecule has 0 saturated heterocycles. The minimum Gasteiger partial charge on any atom is -0.507 e. The van der Waals surface area contributed by atoms with Crippen LogP contribution in [0, 0.1) is 0 Å². The smallest absolute Gasteiger partial charge is 0.328 e. The highest BCUT2D eigenvalue weighted by molar-refractivity contribution is 5.86. The Balaban J connectivity index is 3.10. The van der Waals surface area contributed by atoms with E-state index in [2.05, 4.69) is 0 Å². The molecule has 0 spiro atoms. The second-order valence-electron chi connectivity index (χ2n) is 2.57. The van der Waals surface area contributed by atoms with Crippen LogP contribution in [0.5, 0.6) is 17.2 Å². The number of benzene rings is 1. The molecule has 4 N–H and O–H groups in total. The molecule has 0 heterocycles. The summed E-state index contributed by atoms with van der Waals surface area (Å²) < 4.78 is 0. The fourth-order valence-electron chi connectivity index (χ4n) is 0.877. The van der Waals surface area contributed by atoms with Crippen molar-refractivity contribution in [3.05, 3.63) is 23.8 Å². The Labute approximate surface area is 79.2 Å². The maximum absolute atomic E-state index is 10.2. The summed E-state index contributed by atoms with van der Waals surface area (Å²) >= 11 is 0. The number of carboxylic acid groups (broad SMARTS) is 1. The van der Waals surface area contributed by atoms with Crippen molar-refractivity contribution in [2.75, 3.05) is 0 Å². The molecule has 0 bridgehead atoms. The number of phenolic OH excluding ortho intramolecular Hbond substituents is 3. The number of rotatable bonds is 2. The fourth-order valence-corrected chi connectivity index (χ4v) is 0.877. The zero-order valence-electron chi connectivity index (χ0n) is 7.01. The number of hydrogen-bond acceptors (Lipinski definition) is 4. The fraction of sp³-hybridized carbons (Fsp3) is 0. The lowest BCUT2D eigenvalue weighted by atomic mass is 10.1. The standard InChI is InChI=1S/C9H8O5/c10-6-4-8(12)7(11)3-5(6)1-2-9(13)14/h1-4,10-12H,(H,13,14)/b2-1+. The zero-order valence-corrected chi connectivity index (χ0v) is 7.01. The van der Waals surface area contributed by atoms with E-state index in [0.717, 1.165) is 24.3 Å². The molecular weight excluding hydrogens is 188 g/mol. The van der Waals surface area contributed by atoms with Gasteiger partial charge in [0.1, 0.15) is 5.75 Å². The van der Waals surface area contributed by atoms with Crippen LogP contribution in [0.15, 0.2) is 18.2 Å². The average molecular weight is 196 g/mol. The van der Waals surface area contributed by atoms with Gasteiger partial charge in [-0.25, -0.2) is 4.79 Å². The lowest BCUT2D eigenvalue weighted by Crippen LogP contribution is -1.86. The van der Waals surface area contributed by atoms with Gasteiger partial charge < -0.3 is 20.4 Å². The van der Waals surface area contributed by atoms with Crippen LogP contribution in [-0.4, -0.2) is 26.4 Å². The molecule has 5 heteroatoms. The van der Waals surface area contributed by atoms with E-state index in [9.17, 15) is 9.90 Å². The third-order valence-corrected chi connectivity index (χ3v) is 1.53. The summed E-state index contributed by atoms with van der Waals surface area (Å²) in [6.45, 7) is 0. The van der Waals surface area contributed by atoms with Gasteiger partial charge in [0.25, 0.3) is 0 Å². The first-order chi connectivity index (χ1) is 6.50. The Morgan fingerprint density at radius 1 is 1.07 bits per heavy atom. The first-order valence-electron chi connectivity index (χ1n) is 3.66. The number of aliphatic carboxylic acids is 1. The molecule has 1 rings (SSSR count). The number of aromatic hydroxyl groups is 3. The van der Waals surface area contributed by atoms with Crippen LogP contribution in [0.2, 0.25) is 0 Å². The van der Waals surface area contributed by atoms with Gasteiger partial charge in [0.2, 0.25) is 0 Å². The van der Waals surface area contributed by atoms with Crippen LogP contribution in [-0.2, 0) is 4.79 Å². The second-order valence-corrected chi connectivity index (χ2v) is 2.57. The van der Waals surface area contributed by atoms with Crippen LogP contribution in [0.25, 0.3) is 6.08 Å². The van der Waals surface area contributed by atoms with Crippen molar-refractivity contribution in [1.29, 1.82) is 0 Å². The van der Waals surface area contributed by atoms with Gasteiger partial charge in [0.05, 0.1) is 0 Å². The molecule has 0 unspecified atom stereocenters. The number of phenols is 3. The van der Waals surface area contributed by atoms with Crippen LogP contribution in [0.3, 0.4) is 0 Å². The van der Waals surface area contributed by atoms with Crippen molar-refractivity contribution in [2.24, 2.45) is 0 Å². The third-order valence-electron chi connectivity index (χ3n) is 1.53. The zero-order chi connectivity index (χ0) is 10.7. The van der Waals surface area contributed by atoms with Gasteiger partial charge in [-0.2, -0.15) is 0 Å². The van der Waals surface area contributed by atoms with Crippen LogP contribution in [0.4, 0.5) is 0 Å². The highest BCUT2D eigenvalue weighted by atomic mass is 16.4. The molecule has 5 nitrogen and oxygen atoms in total. The number of hydrogen-bond donors (Lipinski definition) is 4. The van der Waals surface area contributed by atoms with Gasteiger partial charge in [-0.15, -0.1) is 0 Å². The van der Waals surface area contributed by atoms with E-state index < -0.39 is 17.5 Å². The predicted octanol–water partition coefficient (Wildman–Crippen LogP) is 0.901. The lowest BCUT2D eigenvalue weighted by Gasteiger charge is -2.01. The quantitative estimate of drug-likeness (QED) is 0.320. The second kappa shape index (κ2) is 3.69. The molecule has 0 radical (unpaired) electrons. The summed E-state index contributed by atoms with van der Waals surface area (Å²) in [5.41, 5.74) is 0.114.